The summed E-state index contributed by atoms with van der Waals surface area (Å²) in [6.45, 7) is 2.43. The summed E-state index contributed by atoms with van der Waals surface area (Å²) in [5.41, 5.74) is 2.13. The van der Waals surface area contributed by atoms with E-state index in [1.165, 1.54) is 23.1 Å². The van der Waals surface area contributed by atoms with Crippen LogP contribution in [-0.2, 0) is 6.54 Å². The Balaban J connectivity index is 2.15. The van der Waals surface area contributed by atoms with Crippen LogP contribution in [0.15, 0.2) is 42.5 Å². The standard InChI is InChI=1S/C16H16N2O3/c1-11-5-3-6-12(9-11)10-18(2)15(19)13-7-4-8-14(17-13)16(20)21/h3-9H,10H2,1-2H3,(H,20,21). The van der Waals surface area contributed by atoms with E-state index in [0.29, 0.717) is 6.54 Å². The molecule has 21 heavy (non-hydrogen) atoms. The zero-order valence-corrected chi connectivity index (χ0v) is 11.9. The molecule has 0 saturated heterocycles. The average molecular weight is 284 g/mol. The van der Waals surface area contributed by atoms with E-state index in [-0.39, 0.29) is 17.3 Å². The molecule has 5 nitrogen and oxygen atoms in total. The van der Waals surface area contributed by atoms with E-state index < -0.39 is 5.97 Å². The molecule has 0 aliphatic carbocycles. The van der Waals surface area contributed by atoms with Crippen LogP contribution in [0.25, 0.3) is 0 Å². The van der Waals surface area contributed by atoms with Crippen LogP contribution in [0, 0.1) is 6.92 Å². The highest BCUT2D eigenvalue weighted by Crippen LogP contribution is 2.09. The molecule has 0 spiro atoms. The minimum absolute atomic E-state index is 0.130. The fourth-order valence-electron chi connectivity index (χ4n) is 2.02. The summed E-state index contributed by atoms with van der Waals surface area (Å²) >= 11 is 0. The molecular weight excluding hydrogens is 268 g/mol. The van der Waals surface area contributed by atoms with Gasteiger partial charge in [-0.25, -0.2) is 9.78 Å². The Morgan fingerprint density at radius 3 is 2.48 bits per heavy atom. The second-order valence-corrected chi connectivity index (χ2v) is 4.86. The summed E-state index contributed by atoms with van der Waals surface area (Å²) < 4.78 is 0. The monoisotopic (exact) mass is 284 g/mol. The maximum Gasteiger partial charge on any atom is 0.354 e. The molecule has 0 fully saturated rings. The van der Waals surface area contributed by atoms with Gasteiger partial charge in [-0.15, -0.1) is 0 Å². The van der Waals surface area contributed by atoms with Gasteiger partial charge in [0.1, 0.15) is 11.4 Å². The highest BCUT2D eigenvalue weighted by Gasteiger charge is 2.15. The van der Waals surface area contributed by atoms with Crippen molar-refractivity contribution in [1.82, 2.24) is 9.88 Å². The predicted molar refractivity (Wildman–Crippen MR) is 78.2 cm³/mol. The molecule has 0 unspecified atom stereocenters. The van der Waals surface area contributed by atoms with Gasteiger partial charge in [0.25, 0.3) is 5.91 Å². The van der Waals surface area contributed by atoms with Crippen LogP contribution in [0.5, 0.6) is 0 Å². The van der Waals surface area contributed by atoms with Crippen LogP contribution in [0.4, 0.5) is 0 Å². The fourth-order valence-corrected chi connectivity index (χ4v) is 2.02. The number of nitrogens with zero attached hydrogens (tertiary/aromatic N) is 2. The third-order valence-corrected chi connectivity index (χ3v) is 3.04. The molecule has 2 rings (SSSR count). The van der Waals surface area contributed by atoms with Gasteiger partial charge < -0.3 is 10.0 Å². The summed E-state index contributed by atoms with van der Waals surface area (Å²) in [4.78, 5) is 28.5. The smallest absolute Gasteiger partial charge is 0.354 e. The predicted octanol–water partition coefficient (Wildman–Crippen LogP) is 2.36. The lowest BCUT2D eigenvalue weighted by Crippen LogP contribution is -2.27. The molecular formula is C16H16N2O3. The first-order chi connectivity index (χ1) is 9.97. The van der Waals surface area contributed by atoms with Crippen LogP contribution in [0.1, 0.15) is 32.1 Å². The van der Waals surface area contributed by atoms with Gasteiger partial charge in [-0.3, -0.25) is 4.79 Å². The van der Waals surface area contributed by atoms with Gasteiger partial charge in [-0.05, 0) is 24.6 Å². The van der Waals surface area contributed by atoms with Crippen LogP contribution >= 0.6 is 0 Å². The first-order valence-electron chi connectivity index (χ1n) is 6.49. The number of carboxylic acid groups (broad SMARTS) is 1. The summed E-state index contributed by atoms with van der Waals surface area (Å²) in [5, 5.41) is 8.91. The van der Waals surface area contributed by atoms with Gasteiger partial charge >= 0.3 is 5.97 Å². The average Bonchev–Trinajstić information content (AvgIpc) is 2.46. The number of amides is 1. The maximum absolute atomic E-state index is 12.3. The van der Waals surface area contributed by atoms with Crippen molar-refractivity contribution in [2.75, 3.05) is 7.05 Å². The van der Waals surface area contributed by atoms with Crippen LogP contribution in [-0.4, -0.2) is 33.9 Å². The summed E-state index contributed by atoms with van der Waals surface area (Å²) in [6, 6.07) is 12.3. The molecule has 108 valence electrons. The topological polar surface area (TPSA) is 70.5 Å². The molecule has 0 bridgehead atoms. The fraction of sp³-hybridized carbons (Fsp3) is 0.188. The maximum atomic E-state index is 12.3. The van der Waals surface area contributed by atoms with Crippen molar-refractivity contribution >= 4 is 11.9 Å². The largest absolute Gasteiger partial charge is 0.477 e. The summed E-state index contributed by atoms with van der Waals surface area (Å²) in [5.74, 6) is -1.45. The molecule has 0 radical (unpaired) electrons. The van der Waals surface area contributed by atoms with Crippen molar-refractivity contribution in [3.05, 3.63) is 65.0 Å². The van der Waals surface area contributed by atoms with E-state index in [2.05, 4.69) is 4.98 Å². The lowest BCUT2D eigenvalue weighted by Gasteiger charge is -2.17. The first-order valence-corrected chi connectivity index (χ1v) is 6.49. The van der Waals surface area contributed by atoms with Gasteiger partial charge in [0.2, 0.25) is 0 Å². The van der Waals surface area contributed by atoms with Gasteiger partial charge in [-0.1, -0.05) is 35.9 Å². The van der Waals surface area contributed by atoms with E-state index >= 15 is 0 Å². The van der Waals surface area contributed by atoms with Gasteiger partial charge in [0.15, 0.2) is 0 Å². The highest BCUT2D eigenvalue weighted by molar-refractivity contribution is 5.94. The molecule has 1 aromatic heterocycles. The number of rotatable bonds is 4. The number of aryl methyl sites for hydroxylation is 1. The van der Waals surface area contributed by atoms with Crippen LogP contribution in [0.2, 0.25) is 0 Å². The molecule has 1 aromatic carbocycles. The molecule has 1 N–H and O–H groups in total. The number of aromatic carboxylic acids is 1. The molecule has 5 heteroatoms. The molecule has 2 aromatic rings. The van der Waals surface area contributed by atoms with Gasteiger partial charge in [0.05, 0.1) is 0 Å². The van der Waals surface area contributed by atoms with E-state index in [1.807, 2.05) is 31.2 Å². The molecule has 0 aliphatic rings. The van der Waals surface area contributed by atoms with Crippen molar-refractivity contribution < 1.29 is 14.7 Å². The van der Waals surface area contributed by atoms with E-state index in [4.69, 9.17) is 5.11 Å². The Kier molecular flexibility index (Phi) is 4.33. The second-order valence-electron chi connectivity index (χ2n) is 4.86. The normalized spacial score (nSPS) is 10.2. The molecule has 0 saturated carbocycles. The van der Waals surface area contributed by atoms with Crippen molar-refractivity contribution in [3.63, 3.8) is 0 Å². The zero-order valence-electron chi connectivity index (χ0n) is 11.9. The van der Waals surface area contributed by atoms with Crippen molar-refractivity contribution in [2.24, 2.45) is 0 Å². The molecule has 0 atom stereocenters. The first kappa shape index (κ1) is 14.7. The summed E-state index contributed by atoms with van der Waals surface area (Å²) in [7, 11) is 1.67. The van der Waals surface area contributed by atoms with Gasteiger partial charge in [0, 0.05) is 13.6 Å². The van der Waals surface area contributed by atoms with Gasteiger partial charge in [-0.2, -0.15) is 0 Å². The number of carbonyl (C=O) groups excluding carboxylic acids is 1. The minimum atomic E-state index is -1.15. The number of aromatic nitrogens is 1. The third-order valence-electron chi connectivity index (χ3n) is 3.04. The Labute approximate surface area is 122 Å². The quantitative estimate of drug-likeness (QED) is 0.935. The number of carboxylic acids is 1. The van der Waals surface area contributed by atoms with Crippen molar-refractivity contribution in [2.45, 2.75) is 13.5 Å². The zero-order chi connectivity index (χ0) is 15.4. The lowest BCUT2D eigenvalue weighted by atomic mass is 10.1. The number of carbonyl (C=O) groups is 2. The number of hydrogen-bond acceptors (Lipinski definition) is 3. The Bertz CT molecular complexity index is 683. The minimum Gasteiger partial charge on any atom is -0.477 e. The Hall–Kier alpha value is -2.69. The molecule has 1 amide bonds. The summed E-state index contributed by atoms with van der Waals surface area (Å²) in [6.07, 6.45) is 0. The van der Waals surface area contributed by atoms with E-state index in [0.717, 1.165) is 11.1 Å². The number of pyridine rings is 1. The van der Waals surface area contributed by atoms with Crippen molar-refractivity contribution in [1.29, 1.82) is 0 Å². The Morgan fingerprint density at radius 2 is 1.81 bits per heavy atom. The number of hydrogen-bond donors (Lipinski definition) is 1. The van der Waals surface area contributed by atoms with E-state index in [1.54, 1.807) is 7.05 Å². The third kappa shape index (κ3) is 3.66. The molecule has 1 heterocycles. The van der Waals surface area contributed by atoms with Crippen LogP contribution < -0.4 is 0 Å². The van der Waals surface area contributed by atoms with Crippen molar-refractivity contribution in [3.8, 4) is 0 Å². The van der Waals surface area contributed by atoms with Crippen LogP contribution in [0.3, 0.4) is 0 Å². The molecule has 0 aliphatic heterocycles. The number of benzene rings is 1. The lowest BCUT2D eigenvalue weighted by molar-refractivity contribution is 0.0690. The second kappa shape index (κ2) is 6.17. The SMILES string of the molecule is Cc1cccc(CN(C)C(=O)c2cccc(C(=O)O)n2)c1. The highest BCUT2D eigenvalue weighted by atomic mass is 16.4. The van der Waals surface area contributed by atoms with E-state index in [9.17, 15) is 9.59 Å². The Morgan fingerprint density at radius 1 is 1.14 bits per heavy atom.